The third kappa shape index (κ3) is 4.08. The van der Waals surface area contributed by atoms with Gasteiger partial charge in [-0.05, 0) is 42.5 Å². The van der Waals surface area contributed by atoms with E-state index >= 15 is 0 Å². The minimum Gasteiger partial charge on any atom is -0.487 e. The van der Waals surface area contributed by atoms with Crippen LogP contribution in [-0.4, -0.2) is 21.8 Å². The Morgan fingerprint density at radius 3 is 2.92 bits per heavy atom. The van der Waals surface area contributed by atoms with Gasteiger partial charge in [0, 0.05) is 21.9 Å². The van der Waals surface area contributed by atoms with Crippen LogP contribution in [0.15, 0.2) is 52.7 Å². The van der Waals surface area contributed by atoms with Gasteiger partial charge in [0.2, 0.25) is 0 Å². The van der Waals surface area contributed by atoms with Gasteiger partial charge in [0.1, 0.15) is 12.4 Å². The highest BCUT2D eigenvalue weighted by atomic mass is 32.1. The number of ether oxygens (including phenoxy) is 1. The van der Waals surface area contributed by atoms with Crippen LogP contribution >= 0.6 is 22.7 Å². The quantitative estimate of drug-likeness (QED) is 0.611. The monoisotopic (exact) mass is 370 g/mol. The molecule has 0 aliphatic heterocycles. The van der Waals surface area contributed by atoms with Gasteiger partial charge in [-0.25, -0.2) is 4.98 Å². The number of carbonyl (C=O) groups is 1. The molecule has 2 heterocycles. The van der Waals surface area contributed by atoms with E-state index in [1.807, 2.05) is 40.6 Å². The van der Waals surface area contributed by atoms with E-state index < -0.39 is 0 Å². The fourth-order valence-corrected chi connectivity index (χ4v) is 3.92. The Kier molecular flexibility index (Phi) is 4.81. The van der Waals surface area contributed by atoms with E-state index in [2.05, 4.69) is 16.4 Å². The first kappa shape index (κ1) is 16.3. The van der Waals surface area contributed by atoms with Gasteiger partial charge in [-0.15, -0.1) is 22.7 Å². The molecule has 2 aromatic heterocycles. The zero-order valence-corrected chi connectivity index (χ0v) is 15.3. The molecule has 1 aliphatic rings. The summed E-state index contributed by atoms with van der Waals surface area (Å²) in [6.07, 6.45) is 2.19. The van der Waals surface area contributed by atoms with Crippen LogP contribution in [0.1, 0.15) is 33.8 Å². The van der Waals surface area contributed by atoms with Crippen molar-refractivity contribution in [2.75, 3.05) is 0 Å². The number of hydrogen-bond donors (Lipinski definition) is 0. The van der Waals surface area contributed by atoms with Gasteiger partial charge in [-0.2, -0.15) is 0 Å². The topological polar surface area (TPSA) is 42.4 Å². The van der Waals surface area contributed by atoms with Gasteiger partial charge in [0.25, 0.3) is 5.91 Å². The Morgan fingerprint density at radius 2 is 2.20 bits per heavy atom. The lowest BCUT2D eigenvalue weighted by Crippen LogP contribution is -2.32. The molecule has 6 heteroatoms. The van der Waals surface area contributed by atoms with E-state index in [0.29, 0.717) is 30.5 Å². The van der Waals surface area contributed by atoms with E-state index in [4.69, 9.17) is 4.74 Å². The zero-order valence-electron chi connectivity index (χ0n) is 13.6. The molecule has 128 valence electrons. The van der Waals surface area contributed by atoms with Crippen molar-refractivity contribution in [2.45, 2.75) is 32.0 Å². The van der Waals surface area contributed by atoms with Crippen molar-refractivity contribution in [3.05, 3.63) is 68.8 Å². The number of nitrogens with zero attached hydrogens (tertiary/aromatic N) is 2. The third-order valence-corrected chi connectivity index (χ3v) is 5.60. The summed E-state index contributed by atoms with van der Waals surface area (Å²) in [6.45, 7) is 1.10. The maximum absolute atomic E-state index is 13.0. The molecule has 1 amide bonds. The molecule has 0 radical (unpaired) electrons. The van der Waals surface area contributed by atoms with Crippen LogP contribution in [0.25, 0.3) is 0 Å². The highest BCUT2D eigenvalue weighted by Crippen LogP contribution is 2.31. The van der Waals surface area contributed by atoms with Crippen molar-refractivity contribution < 1.29 is 9.53 Å². The predicted molar refractivity (Wildman–Crippen MR) is 100 cm³/mol. The molecule has 0 saturated heterocycles. The molecule has 0 N–H and O–H groups in total. The third-order valence-electron chi connectivity index (χ3n) is 4.11. The summed E-state index contributed by atoms with van der Waals surface area (Å²) in [4.78, 5) is 20.4. The van der Waals surface area contributed by atoms with Crippen molar-refractivity contribution in [1.82, 2.24) is 9.88 Å². The van der Waals surface area contributed by atoms with Crippen LogP contribution in [0, 0.1) is 0 Å². The number of rotatable bonds is 7. The number of thiophene rings is 1. The van der Waals surface area contributed by atoms with Gasteiger partial charge in [0.15, 0.2) is 0 Å². The normalized spacial score (nSPS) is 13.6. The second-order valence-corrected chi connectivity index (χ2v) is 7.79. The molecular formula is C19H18N2O2S2. The van der Waals surface area contributed by atoms with Crippen LogP contribution in [0.2, 0.25) is 0 Å². The molecule has 1 aromatic carbocycles. The first-order chi connectivity index (χ1) is 12.3. The van der Waals surface area contributed by atoms with Crippen molar-refractivity contribution in [1.29, 1.82) is 0 Å². The highest BCUT2D eigenvalue weighted by molar-refractivity contribution is 7.09. The van der Waals surface area contributed by atoms with Crippen LogP contribution in [0.3, 0.4) is 0 Å². The minimum absolute atomic E-state index is 0.0787. The molecule has 0 spiro atoms. The van der Waals surface area contributed by atoms with Gasteiger partial charge in [-0.3, -0.25) is 4.79 Å². The summed E-state index contributed by atoms with van der Waals surface area (Å²) in [5, 5.41) is 4.02. The largest absolute Gasteiger partial charge is 0.487 e. The fraction of sp³-hybridized carbons (Fsp3) is 0.263. The van der Waals surface area contributed by atoms with E-state index in [-0.39, 0.29) is 5.91 Å². The van der Waals surface area contributed by atoms with Crippen molar-refractivity contribution in [3.8, 4) is 5.75 Å². The van der Waals surface area contributed by atoms with E-state index in [9.17, 15) is 4.79 Å². The first-order valence-electron chi connectivity index (χ1n) is 8.23. The van der Waals surface area contributed by atoms with Crippen molar-refractivity contribution >= 4 is 28.6 Å². The van der Waals surface area contributed by atoms with Gasteiger partial charge >= 0.3 is 0 Å². The highest BCUT2D eigenvalue weighted by Gasteiger charge is 2.33. The van der Waals surface area contributed by atoms with Crippen LogP contribution in [0.5, 0.6) is 5.75 Å². The van der Waals surface area contributed by atoms with Gasteiger partial charge in [-0.1, -0.05) is 12.1 Å². The Labute approximate surface area is 154 Å². The smallest absolute Gasteiger partial charge is 0.254 e. The van der Waals surface area contributed by atoms with Crippen LogP contribution < -0.4 is 4.74 Å². The number of benzene rings is 1. The Balaban J connectivity index is 1.47. The average molecular weight is 370 g/mol. The van der Waals surface area contributed by atoms with E-state index in [0.717, 1.165) is 18.5 Å². The number of thiazole rings is 1. The summed E-state index contributed by atoms with van der Waals surface area (Å²) in [5.41, 5.74) is 3.37. The summed E-state index contributed by atoms with van der Waals surface area (Å²) in [5.74, 6) is 0.778. The standard InChI is InChI=1S/C19H18N2O2S2/c22-19(21(16-6-7-16)10-18-5-2-8-25-18)14-3-1-4-17(9-14)23-11-15-12-24-13-20-15/h1-5,8-9,12-13,16H,6-7,10-11H2. The molecule has 0 unspecified atom stereocenters. The summed E-state index contributed by atoms with van der Waals surface area (Å²) >= 11 is 3.24. The lowest BCUT2D eigenvalue weighted by atomic mass is 10.2. The molecule has 1 saturated carbocycles. The molecular weight excluding hydrogens is 352 g/mol. The zero-order chi connectivity index (χ0) is 17.1. The molecule has 4 rings (SSSR count). The van der Waals surface area contributed by atoms with Crippen molar-refractivity contribution in [3.63, 3.8) is 0 Å². The van der Waals surface area contributed by atoms with Gasteiger partial charge < -0.3 is 9.64 Å². The molecule has 25 heavy (non-hydrogen) atoms. The lowest BCUT2D eigenvalue weighted by molar-refractivity contribution is 0.0731. The lowest BCUT2D eigenvalue weighted by Gasteiger charge is -2.22. The number of aromatic nitrogens is 1. The predicted octanol–water partition coefficient (Wildman–Crippen LogP) is 4.59. The maximum Gasteiger partial charge on any atom is 0.254 e. The Bertz CT molecular complexity index is 827. The summed E-state index contributed by atoms with van der Waals surface area (Å²) in [7, 11) is 0. The minimum atomic E-state index is 0.0787. The molecule has 1 fully saturated rings. The first-order valence-corrected chi connectivity index (χ1v) is 10.0. The second-order valence-electron chi connectivity index (χ2n) is 6.04. The molecule has 4 nitrogen and oxygen atoms in total. The van der Waals surface area contributed by atoms with E-state index in [1.54, 1.807) is 28.2 Å². The average Bonchev–Trinajstić information content (AvgIpc) is 3.12. The molecule has 3 aromatic rings. The molecule has 0 bridgehead atoms. The number of hydrogen-bond acceptors (Lipinski definition) is 5. The maximum atomic E-state index is 13.0. The number of carbonyl (C=O) groups excluding carboxylic acids is 1. The van der Waals surface area contributed by atoms with Gasteiger partial charge in [0.05, 0.1) is 17.7 Å². The molecule has 1 aliphatic carbocycles. The summed E-state index contributed by atoms with van der Waals surface area (Å²) < 4.78 is 5.78. The number of amides is 1. The van der Waals surface area contributed by atoms with Crippen LogP contribution in [-0.2, 0) is 13.2 Å². The molecule has 0 atom stereocenters. The Morgan fingerprint density at radius 1 is 1.28 bits per heavy atom. The second kappa shape index (κ2) is 7.37. The van der Waals surface area contributed by atoms with Crippen molar-refractivity contribution in [2.24, 2.45) is 0 Å². The van der Waals surface area contributed by atoms with E-state index in [1.165, 1.54) is 4.88 Å². The SMILES string of the molecule is O=C(c1cccc(OCc2cscn2)c1)N(Cc1cccs1)C1CC1. The Hall–Kier alpha value is -2.18. The summed E-state index contributed by atoms with van der Waals surface area (Å²) in [6, 6.07) is 11.9. The van der Waals surface area contributed by atoms with Crippen LogP contribution in [0.4, 0.5) is 0 Å². The fourth-order valence-electron chi connectivity index (χ4n) is 2.67.